The van der Waals surface area contributed by atoms with Crippen LogP contribution in [0.2, 0.25) is 0 Å². The Balaban J connectivity index is 2.42. The van der Waals surface area contributed by atoms with E-state index in [1.165, 1.54) is 12.3 Å². The largest absolute Gasteiger partial charge is 0.348 e. The fourth-order valence-corrected chi connectivity index (χ4v) is 1.76. The maximum atomic E-state index is 13.0. The van der Waals surface area contributed by atoms with Crippen LogP contribution in [0.1, 0.15) is 13.8 Å². The average Bonchev–Trinajstić information content (AvgIpc) is 2.24. The maximum absolute atomic E-state index is 13.0. The van der Waals surface area contributed by atoms with Crippen molar-refractivity contribution in [2.45, 2.75) is 19.4 Å². The molecule has 2 amide bonds. The molecule has 1 aliphatic heterocycles. The van der Waals surface area contributed by atoms with Crippen molar-refractivity contribution in [3.8, 4) is 0 Å². The predicted octanol–water partition coefficient (Wildman–Crippen LogP) is 0.462. The van der Waals surface area contributed by atoms with Gasteiger partial charge in [-0.05, 0) is 19.9 Å². The van der Waals surface area contributed by atoms with E-state index >= 15 is 0 Å². The van der Waals surface area contributed by atoms with E-state index in [2.05, 4.69) is 10.3 Å². The first kappa shape index (κ1) is 11.5. The molecule has 1 N–H and O–H groups in total. The molecule has 0 spiro atoms. The molecule has 2 heterocycles. The fraction of sp³-hybridized carbons (Fsp3) is 0.364. The molecule has 0 radical (unpaired) electrons. The van der Waals surface area contributed by atoms with Gasteiger partial charge in [0, 0.05) is 18.0 Å². The number of carbonyl (C=O) groups is 2. The van der Waals surface area contributed by atoms with E-state index in [4.69, 9.17) is 0 Å². The Morgan fingerprint density at radius 1 is 1.47 bits per heavy atom. The van der Waals surface area contributed by atoms with Crippen LogP contribution in [0.4, 0.5) is 10.1 Å². The zero-order valence-electron chi connectivity index (χ0n) is 9.53. The molecule has 90 valence electrons. The molecule has 1 saturated heterocycles. The van der Waals surface area contributed by atoms with Crippen molar-refractivity contribution < 1.29 is 14.0 Å². The Morgan fingerprint density at radius 2 is 2.18 bits per heavy atom. The molecule has 1 aromatic heterocycles. The molecule has 0 bridgehead atoms. The lowest BCUT2D eigenvalue weighted by Crippen LogP contribution is -2.64. The second-order valence-electron chi connectivity index (χ2n) is 4.36. The van der Waals surface area contributed by atoms with Crippen molar-refractivity contribution in [2.24, 2.45) is 0 Å². The van der Waals surface area contributed by atoms with E-state index in [9.17, 15) is 14.0 Å². The van der Waals surface area contributed by atoms with Gasteiger partial charge in [0.05, 0.1) is 6.54 Å². The van der Waals surface area contributed by atoms with Crippen LogP contribution in [-0.4, -0.2) is 28.9 Å². The molecule has 17 heavy (non-hydrogen) atoms. The summed E-state index contributed by atoms with van der Waals surface area (Å²) in [4.78, 5) is 28.1. The zero-order valence-corrected chi connectivity index (χ0v) is 9.53. The van der Waals surface area contributed by atoms with Crippen LogP contribution in [0.3, 0.4) is 0 Å². The van der Waals surface area contributed by atoms with Gasteiger partial charge in [0.15, 0.2) is 0 Å². The third-order valence-corrected chi connectivity index (χ3v) is 2.81. The van der Waals surface area contributed by atoms with Crippen molar-refractivity contribution >= 4 is 17.5 Å². The third-order valence-electron chi connectivity index (χ3n) is 2.81. The number of nitrogens with zero attached hydrogens (tertiary/aromatic N) is 2. The minimum absolute atomic E-state index is 0.0161. The number of hydrogen-bond donors (Lipinski definition) is 1. The summed E-state index contributed by atoms with van der Waals surface area (Å²) in [6, 6.07) is 2.77. The van der Waals surface area contributed by atoms with Gasteiger partial charge in [0.2, 0.25) is 11.9 Å². The highest BCUT2D eigenvalue weighted by atomic mass is 19.1. The number of carbonyl (C=O) groups excluding carboxylic acids is 2. The summed E-state index contributed by atoms with van der Waals surface area (Å²) < 4.78 is 13.0. The Bertz CT molecular complexity index is 487. The summed E-state index contributed by atoms with van der Waals surface area (Å²) in [5.74, 6) is -1.44. The first-order chi connectivity index (χ1) is 7.91. The third kappa shape index (κ3) is 1.98. The number of anilines is 1. The lowest BCUT2D eigenvalue weighted by molar-refractivity contribution is -0.135. The molecule has 1 fully saturated rings. The highest BCUT2D eigenvalue weighted by molar-refractivity contribution is 6.06. The average molecular weight is 237 g/mol. The van der Waals surface area contributed by atoms with Gasteiger partial charge in [0.25, 0.3) is 5.91 Å². The molecule has 1 aromatic rings. The molecule has 1 aliphatic rings. The number of piperazine rings is 1. The van der Waals surface area contributed by atoms with Crippen molar-refractivity contribution in [3.63, 3.8) is 0 Å². The van der Waals surface area contributed by atoms with Crippen LogP contribution in [0.15, 0.2) is 18.3 Å². The number of hydrogen-bond acceptors (Lipinski definition) is 4. The number of halogens is 1. The van der Waals surface area contributed by atoms with Crippen molar-refractivity contribution in [1.82, 2.24) is 10.3 Å². The maximum Gasteiger partial charge on any atom is 0.251 e. The van der Waals surface area contributed by atoms with E-state index in [0.717, 1.165) is 0 Å². The summed E-state index contributed by atoms with van der Waals surface area (Å²) in [5, 5.41) is 2.25. The number of rotatable bonds is 1. The second kappa shape index (κ2) is 3.80. The number of pyridine rings is 1. The quantitative estimate of drug-likeness (QED) is 0.569. The van der Waals surface area contributed by atoms with Gasteiger partial charge in [-0.2, -0.15) is 4.39 Å². The van der Waals surface area contributed by atoms with Crippen LogP contribution in [0, 0.1) is 5.95 Å². The van der Waals surface area contributed by atoms with Crippen LogP contribution in [-0.2, 0) is 9.59 Å². The van der Waals surface area contributed by atoms with E-state index in [-0.39, 0.29) is 6.54 Å². The highest BCUT2D eigenvalue weighted by Gasteiger charge is 2.41. The summed E-state index contributed by atoms with van der Waals surface area (Å²) in [6.07, 6.45) is 1.30. The molecular weight excluding hydrogens is 225 g/mol. The van der Waals surface area contributed by atoms with Gasteiger partial charge in [-0.3, -0.25) is 14.9 Å². The highest BCUT2D eigenvalue weighted by Crippen LogP contribution is 2.26. The Morgan fingerprint density at radius 3 is 2.82 bits per heavy atom. The van der Waals surface area contributed by atoms with Gasteiger partial charge in [-0.25, -0.2) is 4.98 Å². The molecular formula is C11H12FN3O2. The van der Waals surface area contributed by atoms with Crippen LogP contribution in [0.25, 0.3) is 0 Å². The first-order valence-electron chi connectivity index (χ1n) is 5.15. The molecule has 0 unspecified atom stereocenters. The normalized spacial score (nSPS) is 19.1. The molecule has 2 rings (SSSR count). The predicted molar refractivity (Wildman–Crippen MR) is 58.8 cm³/mol. The van der Waals surface area contributed by atoms with Crippen LogP contribution < -0.4 is 10.2 Å². The van der Waals surface area contributed by atoms with E-state index in [1.807, 2.05) is 0 Å². The molecule has 0 aromatic carbocycles. The van der Waals surface area contributed by atoms with Gasteiger partial charge >= 0.3 is 0 Å². The van der Waals surface area contributed by atoms with E-state index in [1.54, 1.807) is 24.8 Å². The molecule has 0 aliphatic carbocycles. The van der Waals surface area contributed by atoms with Gasteiger partial charge in [-0.1, -0.05) is 0 Å². The topological polar surface area (TPSA) is 62.3 Å². The summed E-state index contributed by atoms with van der Waals surface area (Å²) in [5.41, 5.74) is -0.437. The lowest BCUT2D eigenvalue weighted by atomic mass is 9.98. The number of imide groups is 1. The molecule has 5 nitrogen and oxygen atoms in total. The Labute approximate surface area is 97.6 Å². The fourth-order valence-electron chi connectivity index (χ4n) is 1.76. The number of aromatic nitrogens is 1. The Kier molecular flexibility index (Phi) is 2.57. The van der Waals surface area contributed by atoms with Crippen LogP contribution in [0.5, 0.6) is 0 Å². The second-order valence-corrected chi connectivity index (χ2v) is 4.36. The minimum Gasteiger partial charge on any atom is -0.348 e. The van der Waals surface area contributed by atoms with E-state index in [0.29, 0.717) is 5.69 Å². The lowest BCUT2D eigenvalue weighted by Gasteiger charge is -2.41. The van der Waals surface area contributed by atoms with Crippen molar-refractivity contribution in [1.29, 1.82) is 0 Å². The van der Waals surface area contributed by atoms with Gasteiger partial charge in [-0.15, -0.1) is 0 Å². The van der Waals surface area contributed by atoms with Crippen molar-refractivity contribution in [3.05, 3.63) is 24.3 Å². The van der Waals surface area contributed by atoms with Crippen LogP contribution >= 0.6 is 0 Å². The summed E-state index contributed by atoms with van der Waals surface area (Å²) in [7, 11) is 0. The summed E-state index contributed by atoms with van der Waals surface area (Å²) >= 11 is 0. The summed E-state index contributed by atoms with van der Waals surface area (Å²) in [6.45, 7) is 3.36. The zero-order chi connectivity index (χ0) is 12.6. The first-order valence-corrected chi connectivity index (χ1v) is 5.15. The Hall–Kier alpha value is -1.98. The monoisotopic (exact) mass is 237 g/mol. The smallest absolute Gasteiger partial charge is 0.251 e. The minimum atomic E-state index is -0.901. The SMILES string of the molecule is CC1(C)C(=O)NC(=O)CN1c1ccnc(F)c1. The molecule has 6 heteroatoms. The van der Waals surface area contributed by atoms with Gasteiger partial charge in [0.1, 0.15) is 5.54 Å². The molecule has 0 atom stereocenters. The van der Waals surface area contributed by atoms with Crippen molar-refractivity contribution in [2.75, 3.05) is 11.4 Å². The number of nitrogens with one attached hydrogen (secondary N) is 1. The van der Waals surface area contributed by atoms with Gasteiger partial charge < -0.3 is 4.90 Å². The molecule has 0 saturated carbocycles. The van der Waals surface area contributed by atoms with E-state index < -0.39 is 23.3 Å². The number of amides is 2. The standard InChI is InChI=1S/C11H12FN3O2/c1-11(2)10(17)14-9(16)6-15(11)7-3-4-13-8(12)5-7/h3-5H,6H2,1-2H3,(H,14,16,17).